The van der Waals surface area contributed by atoms with E-state index >= 15 is 0 Å². The number of hydrogen-bond donors (Lipinski definition) is 2. The number of carbonyl (C=O) groups is 1. The predicted octanol–water partition coefficient (Wildman–Crippen LogP) is 1.04. The standard InChI is InChI=1S/C16H34N4O/c1-5-8-19-10-12-20(13-11-19)9-6-7-16(4,15(17)21)18-14(2)3/h14,18H,5-13H2,1-4H3,(H2,17,21). The van der Waals surface area contributed by atoms with E-state index in [-0.39, 0.29) is 11.9 Å². The number of amides is 1. The summed E-state index contributed by atoms with van der Waals surface area (Å²) in [5.41, 5.74) is 4.98. The first-order chi connectivity index (χ1) is 9.87. The SMILES string of the molecule is CCCN1CCN(CCCC(C)(NC(C)C)C(N)=O)CC1. The number of nitrogens with one attached hydrogen (secondary N) is 1. The van der Waals surface area contributed by atoms with Crippen LogP contribution in [0.2, 0.25) is 0 Å². The molecule has 1 fully saturated rings. The second kappa shape index (κ2) is 8.71. The molecule has 3 N–H and O–H groups in total. The third kappa shape index (κ3) is 6.32. The zero-order chi connectivity index (χ0) is 15.9. The second-order valence-corrected chi connectivity index (χ2v) is 6.78. The maximum Gasteiger partial charge on any atom is 0.237 e. The average molecular weight is 298 g/mol. The highest BCUT2D eigenvalue weighted by atomic mass is 16.1. The molecule has 0 bridgehead atoms. The van der Waals surface area contributed by atoms with Crippen molar-refractivity contribution < 1.29 is 4.79 Å². The van der Waals surface area contributed by atoms with Gasteiger partial charge in [0.05, 0.1) is 5.54 Å². The minimum Gasteiger partial charge on any atom is -0.368 e. The Bertz CT molecular complexity index is 313. The van der Waals surface area contributed by atoms with Crippen molar-refractivity contribution in [2.45, 2.75) is 58.5 Å². The molecule has 0 aliphatic carbocycles. The number of rotatable bonds is 9. The molecular formula is C16H34N4O. The van der Waals surface area contributed by atoms with Crippen LogP contribution in [0.15, 0.2) is 0 Å². The van der Waals surface area contributed by atoms with Gasteiger partial charge in [0.15, 0.2) is 0 Å². The molecule has 1 unspecified atom stereocenters. The molecule has 1 rings (SSSR count). The molecule has 5 nitrogen and oxygen atoms in total. The van der Waals surface area contributed by atoms with Crippen LogP contribution >= 0.6 is 0 Å². The summed E-state index contributed by atoms with van der Waals surface area (Å²) in [5.74, 6) is -0.246. The Kier molecular flexibility index (Phi) is 7.63. The highest BCUT2D eigenvalue weighted by Crippen LogP contribution is 2.14. The lowest BCUT2D eigenvalue weighted by Crippen LogP contribution is -2.55. The second-order valence-electron chi connectivity index (χ2n) is 6.78. The molecule has 0 radical (unpaired) electrons. The molecule has 1 aliphatic rings. The van der Waals surface area contributed by atoms with Crippen molar-refractivity contribution in [3.8, 4) is 0 Å². The van der Waals surface area contributed by atoms with Gasteiger partial charge in [-0.05, 0) is 53.1 Å². The minimum absolute atomic E-state index is 0.246. The number of nitrogens with two attached hydrogens (primary N) is 1. The Hall–Kier alpha value is -0.650. The fourth-order valence-corrected chi connectivity index (χ4v) is 3.11. The van der Waals surface area contributed by atoms with Crippen molar-refractivity contribution in [3.63, 3.8) is 0 Å². The molecule has 0 aromatic heterocycles. The van der Waals surface area contributed by atoms with Gasteiger partial charge in [-0.3, -0.25) is 4.79 Å². The van der Waals surface area contributed by atoms with Gasteiger partial charge < -0.3 is 20.9 Å². The van der Waals surface area contributed by atoms with Crippen LogP contribution in [0.5, 0.6) is 0 Å². The molecule has 1 aliphatic heterocycles. The van der Waals surface area contributed by atoms with Crippen molar-refractivity contribution in [2.24, 2.45) is 5.73 Å². The molecule has 1 saturated heterocycles. The smallest absolute Gasteiger partial charge is 0.237 e. The molecule has 5 heteroatoms. The fraction of sp³-hybridized carbons (Fsp3) is 0.938. The largest absolute Gasteiger partial charge is 0.368 e. The number of carbonyl (C=O) groups excluding carboxylic acids is 1. The van der Waals surface area contributed by atoms with Crippen molar-refractivity contribution in [3.05, 3.63) is 0 Å². The monoisotopic (exact) mass is 298 g/mol. The molecule has 0 aromatic carbocycles. The molecule has 1 amide bonds. The molecule has 1 atom stereocenters. The zero-order valence-electron chi connectivity index (χ0n) is 14.3. The maximum atomic E-state index is 11.7. The summed E-state index contributed by atoms with van der Waals surface area (Å²) in [6.45, 7) is 15.2. The summed E-state index contributed by atoms with van der Waals surface area (Å²) in [5, 5.41) is 3.32. The van der Waals surface area contributed by atoms with Crippen molar-refractivity contribution in [1.82, 2.24) is 15.1 Å². The van der Waals surface area contributed by atoms with E-state index in [2.05, 4.69) is 22.0 Å². The third-order valence-corrected chi connectivity index (χ3v) is 4.31. The van der Waals surface area contributed by atoms with Crippen LogP contribution in [0.4, 0.5) is 0 Å². The van der Waals surface area contributed by atoms with Gasteiger partial charge in [0, 0.05) is 32.2 Å². The Morgan fingerprint density at radius 3 is 2.14 bits per heavy atom. The van der Waals surface area contributed by atoms with E-state index in [1.807, 2.05) is 20.8 Å². The zero-order valence-corrected chi connectivity index (χ0v) is 14.3. The highest BCUT2D eigenvalue weighted by Gasteiger charge is 2.31. The van der Waals surface area contributed by atoms with Gasteiger partial charge in [0.1, 0.15) is 0 Å². The number of piperazine rings is 1. The van der Waals surface area contributed by atoms with Crippen LogP contribution < -0.4 is 11.1 Å². The van der Waals surface area contributed by atoms with E-state index in [1.54, 1.807) is 0 Å². The molecule has 21 heavy (non-hydrogen) atoms. The Labute approximate surface area is 130 Å². The summed E-state index contributed by atoms with van der Waals surface area (Å²) < 4.78 is 0. The van der Waals surface area contributed by atoms with Gasteiger partial charge in [-0.15, -0.1) is 0 Å². The minimum atomic E-state index is -0.585. The van der Waals surface area contributed by atoms with Gasteiger partial charge in [0.2, 0.25) is 5.91 Å². The lowest BCUT2D eigenvalue weighted by Gasteiger charge is -2.35. The molecule has 0 spiro atoms. The van der Waals surface area contributed by atoms with E-state index in [0.29, 0.717) is 0 Å². The van der Waals surface area contributed by atoms with Gasteiger partial charge in [-0.2, -0.15) is 0 Å². The maximum absolute atomic E-state index is 11.7. The van der Waals surface area contributed by atoms with Crippen molar-refractivity contribution >= 4 is 5.91 Å². The lowest BCUT2D eigenvalue weighted by atomic mass is 9.93. The van der Waals surface area contributed by atoms with Crippen LogP contribution in [0, 0.1) is 0 Å². The van der Waals surface area contributed by atoms with E-state index < -0.39 is 5.54 Å². The molecular weight excluding hydrogens is 264 g/mol. The quantitative estimate of drug-likeness (QED) is 0.667. The van der Waals surface area contributed by atoms with Gasteiger partial charge >= 0.3 is 0 Å². The van der Waals surface area contributed by atoms with E-state index in [4.69, 9.17) is 5.73 Å². The Balaban J connectivity index is 2.30. The van der Waals surface area contributed by atoms with Crippen LogP contribution in [-0.2, 0) is 4.79 Å². The Morgan fingerprint density at radius 2 is 1.71 bits per heavy atom. The first-order valence-corrected chi connectivity index (χ1v) is 8.39. The summed E-state index contributed by atoms with van der Waals surface area (Å²) in [7, 11) is 0. The first-order valence-electron chi connectivity index (χ1n) is 8.39. The summed E-state index contributed by atoms with van der Waals surface area (Å²) in [4.78, 5) is 16.7. The van der Waals surface area contributed by atoms with Gasteiger partial charge in [-0.1, -0.05) is 6.92 Å². The van der Waals surface area contributed by atoms with Crippen LogP contribution in [0.1, 0.15) is 47.0 Å². The number of primary amides is 1. The van der Waals surface area contributed by atoms with Crippen molar-refractivity contribution in [1.29, 1.82) is 0 Å². The van der Waals surface area contributed by atoms with E-state index in [9.17, 15) is 4.79 Å². The number of nitrogens with zero attached hydrogens (tertiary/aromatic N) is 2. The predicted molar refractivity (Wildman–Crippen MR) is 88.3 cm³/mol. The van der Waals surface area contributed by atoms with Crippen LogP contribution in [-0.4, -0.2) is 66.6 Å². The molecule has 0 aromatic rings. The van der Waals surface area contributed by atoms with Gasteiger partial charge in [-0.25, -0.2) is 0 Å². The number of hydrogen-bond acceptors (Lipinski definition) is 4. The average Bonchev–Trinajstić information content (AvgIpc) is 2.40. The molecule has 124 valence electrons. The summed E-state index contributed by atoms with van der Waals surface area (Å²) in [6.07, 6.45) is 3.04. The lowest BCUT2D eigenvalue weighted by molar-refractivity contribution is -0.124. The van der Waals surface area contributed by atoms with Crippen LogP contribution in [0.25, 0.3) is 0 Å². The summed E-state index contributed by atoms with van der Waals surface area (Å²) >= 11 is 0. The third-order valence-electron chi connectivity index (χ3n) is 4.31. The molecule has 1 heterocycles. The summed E-state index contributed by atoms with van der Waals surface area (Å²) in [6, 6.07) is 0.264. The van der Waals surface area contributed by atoms with Crippen LogP contribution in [0.3, 0.4) is 0 Å². The Morgan fingerprint density at radius 1 is 1.19 bits per heavy atom. The normalized spacial score (nSPS) is 20.6. The van der Waals surface area contributed by atoms with E-state index in [0.717, 1.165) is 32.5 Å². The molecule has 0 saturated carbocycles. The highest BCUT2D eigenvalue weighted by molar-refractivity contribution is 5.84. The fourth-order valence-electron chi connectivity index (χ4n) is 3.11. The first kappa shape index (κ1) is 18.4. The van der Waals surface area contributed by atoms with Crippen molar-refractivity contribution in [2.75, 3.05) is 39.3 Å². The van der Waals surface area contributed by atoms with Gasteiger partial charge in [0.25, 0.3) is 0 Å². The topological polar surface area (TPSA) is 61.6 Å². The van der Waals surface area contributed by atoms with E-state index in [1.165, 1.54) is 26.1 Å².